The van der Waals surface area contributed by atoms with Crippen molar-refractivity contribution in [2.45, 2.75) is 52.0 Å². The summed E-state index contributed by atoms with van der Waals surface area (Å²) in [7, 11) is 0. The lowest BCUT2D eigenvalue weighted by Crippen LogP contribution is -2.40. The molecule has 5 heteroatoms. The van der Waals surface area contributed by atoms with Crippen molar-refractivity contribution in [3.63, 3.8) is 0 Å². The number of carbonyl (C=O) groups excluding carboxylic acids is 1. The molecule has 0 aliphatic carbocycles. The zero-order chi connectivity index (χ0) is 16.4. The quantitative estimate of drug-likeness (QED) is 0.697. The molecule has 1 unspecified atom stereocenters. The number of hydrogen-bond donors (Lipinski definition) is 2. The van der Waals surface area contributed by atoms with Crippen molar-refractivity contribution in [2.75, 3.05) is 6.61 Å². The van der Waals surface area contributed by atoms with Gasteiger partial charge in [0.1, 0.15) is 11.8 Å². The molecule has 0 heterocycles. The van der Waals surface area contributed by atoms with E-state index >= 15 is 0 Å². The van der Waals surface area contributed by atoms with Crippen molar-refractivity contribution in [1.82, 2.24) is 5.32 Å². The first-order valence-electron chi connectivity index (χ1n) is 7.80. The van der Waals surface area contributed by atoms with Crippen molar-refractivity contribution < 1.29 is 19.4 Å². The molecule has 1 amide bonds. The summed E-state index contributed by atoms with van der Waals surface area (Å²) >= 11 is 0. The van der Waals surface area contributed by atoms with Crippen molar-refractivity contribution in [1.29, 1.82) is 0 Å². The maximum absolute atomic E-state index is 11.8. The van der Waals surface area contributed by atoms with Crippen LogP contribution in [0.3, 0.4) is 0 Å². The van der Waals surface area contributed by atoms with Gasteiger partial charge in [-0.1, -0.05) is 25.5 Å². The molecule has 1 aromatic rings. The number of nitrogens with one attached hydrogen (secondary N) is 1. The lowest BCUT2D eigenvalue weighted by Gasteiger charge is -2.13. The maximum atomic E-state index is 11.8. The highest BCUT2D eigenvalue weighted by atomic mass is 16.5. The Bertz CT molecular complexity index is 470. The van der Waals surface area contributed by atoms with E-state index in [9.17, 15) is 9.59 Å². The molecule has 122 valence electrons. The van der Waals surface area contributed by atoms with Crippen LogP contribution in [0.4, 0.5) is 0 Å². The number of aliphatic carboxylic acids is 1. The third-order valence-corrected chi connectivity index (χ3v) is 3.31. The predicted octanol–water partition coefficient (Wildman–Crippen LogP) is 2.78. The van der Waals surface area contributed by atoms with Crippen LogP contribution < -0.4 is 10.1 Å². The second-order valence-corrected chi connectivity index (χ2v) is 5.18. The van der Waals surface area contributed by atoms with E-state index in [1.54, 1.807) is 0 Å². The number of carbonyl (C=O) groups is 2. The summed E-state index contributed by atoms with van der Waals surface area (Å²) < 4.78 is 5.37. The molecule has 22 heavy (non-hydrogen) atoms. The Labute approximate surface area is 131 Å². The minimum atomic E-state index is -0.971. The van der Waals surface area contributed by atoms with Gasteiger partial charge in [0.25, 0.3) is 0 Å². The molecule has 0 fully saturated rings. The van der Waals surface area contributed by atoms with Crippen LogP contribution in [0.2, 0.25) is 0 Å². The van der Waals surface area contributed by atoms with E-state index in [1.807, 2.05) is 38.1 Å². The van der Waals surface area contributed by atoms with E-state index < -0.39 is 12.0 Å². The molecule has 0 saturated carbocycles. The molecular weight excluding hydrogens is 282 g/mol. The average Bonchev–Trinajstić information content (AvgIpc) is 2.49. The minimum Gasteiger partial charge on any atom is -0.494 e. The van der Waals surface area contributed by atoms with Crippen LogP contribution in [-0.4, -0.2) is 29.6 Å². The van der Waals surface area contributed by atoms with Crippen LogP contribution in [0, 0.1) is 0 Å². The van der Waals surface area contributed by atoms with Crippen molar-refractivity contribution in [2.24, 2.45) is 0 Å². The smallest absolute Gasteiger partial charge is 0.326 e. The largest absolute Gasteiger partial charge is 0.494 e. The van der Waals surface area contributed by atoms with Gasteiger partial charge in [-0.05, 0) is 43.9 Å². The number of carboxylic acid groups (broad SMARTS) is 1. The number of aryl methyl sites for hydroxylation is 1. The Balaban J connectivity index is 2.33. The number of benzene rings is 1. The fourth-order valence-corrected chi connectivity index (χ4v) is 2.18. The highest BCUT2D eigenvalue weighted by Gasteiger charge is 2.18. The van der Waals surface area contributed by atoms with Gasteiger partial charge in [-0.25, -0.2) is 4.79 Å². The molecule has 0 bridgehead atoms. The third kappa shape index (κ3) is 6.61. The molecule has 0 saturated heterocycles. The van der Waals surface area contributed by atoms with Gasteiger partial charge in [-0.2, -0.15) is 0 Å². The normalized spacial score (nSPS) is 11.7. The van der Waals surface area contributed by atoms with Crippen molar-refractivity contribution >= 4 is 11.9 Å². The summed E-state index contributed by atoms with van der Waals surface area (Å²) in [6.07, 6.45) is 2.99. The molecule has 1 atom stereocenters. The predicted molar refractivity (Wildman–Crippen MR) is 85.0 cm³/mol. The second kappa shape index (κ2) is 9.82. The first kappa shape index (κ1) is 18.0. The number of carboxylic acids is 1. The summed E-state index contributed by atoms with van der Waals surface area (Å²) in [5.41, 5.74) is 1.14. The van der Waals surface area contributed by atoms with Crippen LogP contribution in [0.5, 0.6) is 5.75 Å². The third-order valence-electron chi connectivity index (χ3n) is 3.31. The standard InChI is InChI=1S/C17H25NO4/c1-3-6-15(17(20)21)18-16(19)8-5-7-13-9-11-14(12-10-13)22-4-2/h9-12,15H,3-8H2,1-2H3,(H,18,19)(H,20,21). The average molecular weight is 307 g/mol. The fourth-order valence-electron chi connectivity index (χ4n) is 2.18. The van der Waals surface area contributed by atoms with Crippen molar-refractivity contribution in [3.05, 3.63) is 29.8 Å². The Morgan fingerprint density at radius 2 is 1.91 bits per heavy atom. The number of rotatable bonds is 10. The Hall–Kier alpha value is -2.04. The van der Waals surface area contributed by atoms with Gasteiger partial charge in [0.05, 0.1) is 6.61 Å². The van der Waals surface area contributed by atoms with E-state index in [2.05, 4.69) is 5.32 Å². The first-order valence-corrected chi connectivity index (χ1v) is 7.80. The summed E-state index contributed by atoms with van der Waals surface area (Å²) in [5, 5.41) is 11.6. The zero-order valence-electron chi connectivity index (χ0n) is 13.3. The van der Waals surface area contributed by atoms with Crippen LogP contribution in [0.15, 0.2) is 24.3 Å². The van der Waals surface area contributed by atoms with Crippen molar-refractivity contribution in [3.8, 4) is 5.75 Å². The molecule has 0 spiro atoms. The molecule has 1 aromatic carbocycles. The van der Waals surface area contributed by atoms with Crippen LogP contribution in [0.25, 0.3) is 0 Å². The highest BCUT2D eigenvalue weighted by Crippen LogP contribution is 2.13. The number of amides is 1. The Morgan fingerprint density at radius 3 is 2.45 bits per heavy atom. The summed E-state index contributed by atoms with van der Waals surface area (Å²) in [6.45, 7) is 4.48. The van der Waals surface area contributed by atoms with E-state index in [0.717, 1.165) is 24.2 Å². The summed E-state index contributed by atoms with van der Waals surface area (Å²) in [5.74, 6) is -0.332. The molecular formula is C17H25NO4. The Morgan fingerprint density at radius 1 is 1.23 bits per heavy atom. The Kier molecular flexibility index (Phi) is 8.04. The minimum absolute atomic E-state index is 0.202. The van der Waals surface area contributed by atoms with Gasteiger partial charge in [0, 0.05) is 6.42 Å². The van der Waals surface area contributed by atoms with Gasteiger partial charge in [0.15, 0.2) is 0 Å². The van der Waals surface area contributed by atoms with Crippen LogP contribution in [0.1, 0.15) is 45.1 Å². The molecule has 0 aliphatic rings. The van der Waals surface area contributed by atoms with Gasteiger partial charge in [-0.15, -0.1) is 0 Å². The lowest BCUT2D eigenvalue weighted by atomic mass is 10.1. The van der Waals surface area contributed by atoms with E-state index in [1.165, 1.54) is 0 Å². The molecule has 0 aliphatic heterocycles. The van der Waals surface area contributed by atoms with Gasteiger partial charge < -0.3 is 15.2 Å². The molecule has 0 radical (unpaired) electrons. The molecule has 2 N–H and O–H groups in total. The van der Waals surface area contributed by atoms with Crippen LogP contribution in [-0.2, 0) is 16.0 Å². The second-order valence-electron chi connectivity index (χ2n) is 5.18. The van der Waals surface area contributed by atoms with Gasteiger partial charge >= 0.3 is 5.97 Å². The first-order chi connectivity index (χ1) is 10.6. The molecule has 0 aromatic heterocycles. The van der Waals surface area contributed by atoms with Gasteiger partial charge in [-0.3, -0.25) is 4.79 Å². The highest BCUT2D eigenvalue weighted by molar-refractivity contribution is 5.83. The monoisotopic (exact) mass is 307 g/mol. The fraction of sp³-hybridized carbons (Fsp3) is 0.529. The van der Waals surface area contributed by atoms with Gasteiger partial charge in [0.2, 0.25) is 5.91 Å². The lowest BCUT2D eigenvalue weighted by molar-refractivity contribution is -0.142. The SMILES string of the molecule is CCCC(NC(=O)CCCc1ccc(OCC)cc1)C(=O)O. The maximum Gasteiger partial charge on any atom is 0.326 e. The van der Waals surface area contributed by atoms with Crippen LogP contribution >= 0.6 is 0 Å². The summed E-state index contributed by atoms with van der Waals surface area (Å²) in [4.78, 5) is 22.7. The zero-order valence-corrected chi connectivity index (χ0v) is 13.3. The van der Waals surface area contributed by atoms with E-state index in [4.69, 9.17) is 9.84 Å². The summed E-state index contributed by atoms with van der Waals surface area (Å²) in [6, 6.07) is 7.03. The number of ether oxygens (including phenoxy) is 1. The number of hydrogen-bond acceptors (Lipinski definition) is 3. The van der Waals surface area contributed by atoms with E-state index in [0.29, 0.717) is 25.9 Å². The molecule has 5 nitrogen and oxygen atoms in total. The topological polar surface area (TPSA) is 75.6 Å². The van der Waals surface area contributed by atoms with E-state index in [-0.39, 0.29) is 5.91 Å². The molecule has 1 rings (SSSR count).